The molecule has 2 aromatic rings. The van der Waals surface area contributed by atoms with Gasteiger partial charge in [-0.05, 0) is 43.7 Å². The lowest BCUT2D eigenvalue weighted by molar-refractivity contribution is -0.141. The fraction of sp³-hybridized carbons (Fsp3) is 0.300. The molecule has 5 nitrogen and oxygen atoms in total. The minimum absolute atomic E-state index is 0.230. The van der Waals surface area contributed by atoms with Crippen LogP contribution in [0.2, 0.25) is 0 Å². The Kier molecular flexibility index (Phi) is 5.44. The highest BCUT2D eigenvalue weighted by atomic mass is 79.9. The number of para-hydroxylation sites is 1. The fourth-order valence-corrected chi connectivity index (χ4v) is 3.57. The van der Waals surface area contributed by atoms with Crippen LogP contribution in [-0.4, -0.2) is 29.9 Å². The molecule has 0 saturated heterocycles. The van der Waals surface area contributed by atoms with Crippen LogP contribution in [0.5, 0.6) is 5.75 Å². The summed E-state index contributed by atoms with van der Waals surface area (Å²) < 4.78 is 6.41. The van der Waals surface area contributed by atoms with E-state index in [1.54, 1.807) is 17.0 Å². The van der Waals surface area contributed by atoms with Gasteiger partial charge >= 0.3 is 0 Å². The third-order valence-corrected chi connectivity index (χ3v) is 4.83. The third-order valence-electron chi connectivity index (χ3n) is 4.34. The summed E-state index contributed by atoms with van der Waals surface area (Å²) in [6.07, 6.45) is 0.374. The van der Waals surface area contributed by atoms with Crippen LogP contribution in [0.1, 0.15) is 25.3 Å². The Hall–Kier alpha value is -2.18. The second kappa shape index (κ2) is 7.60. The molecule has 3 rings (SSSR count). The maximum atomic E-state index is 12.9. The van der Waals surface area contributed by atoms with Crippen molar-refractivity contribution in [1.29, 1.82) is 0 Å². The number of amides is 1. The quantitative estimate of drug-likeness (QED) is 0.700. The molecule has 0 spiro atoms. The highest BCUT2D eigenvalue weighted by molar-refractivity contribution is 9.10. The van der Waals surface area contributed by atoms with Crippen LogP contribution >= 0.6 is 15.9 Å². The summed E-state index contributed by atoms with van der Waals surface area (Å²) in [5.41, 5.74) is -0.691. The van der Waals surface area contributed by atoms with Gasteiger partial charge in [0, 0.05) is 23.0 Å². The van der Waals surface area contributed by atoms with Crippen molar-refractivity contribution in [3.05, 3.63) is 58.6 Å². The molecule has 1 aliphatic rings. The van der Waals surface area contributed by atoms with E-state index in [9.17, 15) is 14.7 Å². The van der Waals surface area contributed by atoms with E-state index >= 15 is 0 Å². The smallest absolute Gasteiger partial charge is 0.264 e. The first-order valence-electron chi connectivity index (χ1n) is 8.43. The summed E-state index contributed by atoms with van der Waals surface area (Å²) in [4.78, 5) is 26.0. The van der Waals surface area contributed by atoms with E-state index in [0.29, 0.717) is 30.8 Å². The number of benzene rings is 2. The number of anilines is 1. The van der Waals surface area contributed by atoms with Gasteiger partial charge in [0.15, 0.2) is 5.60 Å². The maximum absolute atomic E-state index is 12.9. The average molecular weight is 418 g/mol. The second-order valence-corrected chi connectivity index (χ2v) is 7.29. The van der Waals surface area contributed by atoms with Gasteiger partial charge < -0.3 is 14.7 Å². The molecule has 0 fully saturated rings. The molecule has 0 aliphatic carbocycles. The van der Waals surface area contributed by atoms with Gasteiger partial charge in [0.05, 0.1) is 12.3 Å². The van der Waals surface area contributed by atoms with E-state index in [4.69, 9.17) is 4.74 Å². The Morgan fingerprint density at radius 2 is 1.96 bits per heavy atom. The SMILES string of the molecule is CC(=O)C[C@@]1(O)C(=O)N(CCCOc2ccccc2)c2ccc(Br)cc21. The number of hydrogen-bond acceptors (Lipinski definition) is 4. The van der Waals surface area contributed by atoms with Gasteiger partial charge in [-0.25, -0.2) is 0 Å². The Morgan fingerprint density at radius 1 is 1.23 bits per heavy atom. The van der Waals surface area contributed by atoms with Crippen molar-refractivity contribution in [3.8, 4) is 5.75 Å². The number of nitrogens with zero attached hydrogens (tertiary/aromatic N) is 1. The molecular formula is C20H20BrNO4. The molecule has 0 saturated carbocycles. The number of carbonyl (C=O) groups is 2. The van der Waals surface area contributed by atoms with E-state index in [2.05, 4.69) is 15.9 Å². The average Bonchev–Trinajstić information content (AvgIpc) is 2.80. The van der Waals surface area contributed by atoms with Gasteiger partial charge in [-0.2, -0.15) is 0 Å². The molecule has 0 unspecified atom stereocenters. The molecule has 6 heteroatoms. The third kappa shape index (κ3) is 3.66. The van der Waals surface area contributed by atoms with E-state index in [-0.39, 0.29) is 12.2 Å². The molecule has 136 valence electrons. The van der Waals surface area contributed by atoms with Crippen LogP contribution in [-0.2, 0) is 15.2 Å². The monoisotopic (exact) mass is 417 g/mol. The maximum Gasteiger partial charge on any atom is 0.264 e. The van der Waals surface area contributed by atoms with Crippen LogP contribution in [0.15, 0.2) is 53.0 Å². The van der Waals surface area contributed by atoms with Crippen molar-refractivity contribution < 1.29 is 19.4 Å². The fourth-order valence-electron chi connectivity index (χ4n) is 3.21. The van der Waals surface area contributed by atoms with Crippen LogP contribution in [0.25, 0.3) is 0 Å². The zero-order valence-corrected chi connectivity index (χ0v) is 16.0. The Balaban J connectivity index is 1.73. The first-order chi connectivity index (χ1) is 12.4. The number of rotatable bonds is 7. The van der Waals surface area contributed by atoms with Gasteiger partial charge in [0.1, 0.15) is 11.5 Å². The van der Waals surface area contributed by atoms with Gasteiger partial charge in [-0.1, -0.05) is 34.1 Å². The van der Waals surface area contributed by atoms with Crippen LogP contribution in [0, 0.1) is 0 Å². The molecule has 1 amide bonds. The minimum Gasteiger partial charge on any atom is -0.494 e. The number of halogens is 1. The summed E-state index contributed by atoms with van der Waals surface area (Å²) in [5, 5.41) is 10.9. The van der Waals surface area contributed by atoms with Crippen molar-refractivity contribution in [2.24, 2.45) is 0 Å². The molecule has 1 aliphatic heterocycles. The van der Waals surface area contributed by atoms with Crippen molar-refractivity contribution in [3.63, 3.8) is 0 Å². The van der Waals surface area contributed by atoms with Crippen LogP contribution < -0.4 is 9.64 Å². The highest BCUT2D eigenvalue weighted by Gasteiger charge is 2.50. The molecule has 26 heavy (non-hydrogen) atoms. The number of aliphatic hydroxyl groups is 1. The number of ether oxygens (including phenoxy) is 1. The predicted octanol–water partition coefficient (Wildman–Crippen LogP) is 3.43. The molecule has 0 radical (unpaired) electrons. The predicted molar refractivity (Wildman–Crippen MR) is 102 cm³/mol. The van der Waals surface area contributed by atoms with Crippen molar-refractivity contribution in [1.82, 2.24) is 0 Å². The molecule has 1 heterocycles. The molecule has 0 bridgehead atoms. The zero-order chi connectivity index (χ0) is 18.7. The lowest BCUT2D eigenvalue weighted by Gasteiger charge is -2.22. The summed E-state index contributed by atoms with van der Waals surface area (Å²) in [7, 11) is 0. The van der Waals surface area contributed by atoms with Gasteiger partial charge in [0.2, 0.25) is 0 Å². The summed E-state index contributed by atoms with van der Waals surface area (Å²) in [5.74, 6) is 0.0826. The standard InChI is InChI=1S/C20H20BrNO4/c1-14(23)13-20(25)17-12-15(21)8-9-18(17)22(19(20)24)10-5-11-26-16-6-3-2-4-7-16/h2-4,6-9,12,25H,5,10-11,13H2,1H3/t20-/m0/s1. The number of Topliss-reactive ketones (excluding diaryl/α,β-unsaturated/α-hetero) is 1. The second-order valence-electron chi connectivity index (χ2n) is 6.37. The lowest BCUT2D eigenvalue weighted by Crippen LogP contribution is -2.42. The zero-order valence-electron chi connectivity index (χ0n) is 14.4. The molecular weight excluding hydrogens is 398 g/mol. The number of ketones is 1. The van der Waals surface area contributed by atoms with Crippen LogP contribution in [0.4, 0.5) is 5.69 Å². The van der Waals surface area contributed by atoms with Gasteiger partial charge in [-0.15, -0.1) is 0 Å². The Morgan fingerprint density at radius 3 is 2.65 bits per heavy atom. The summed E-state index contributed by atoms with van der Waals surface area (Å²) >= 11 is 3.37. The summed E-state index contributed by atoms with van der Waals surface area (Å²) in [6, 6.07) is 14.8. The summed E-state index contributed by atoms with van der Waals surface area (Å²) in [6.45, 7) is 2.23. The van der Waals surface area contributed by atoms with Gasteiger partial charge in [0.25, 0.3) is 5.91 Å². The lowest BCUT2D eigenvalue weighted by atomic mass is 9.90. The Labute approximate surface area is 160 Å². The number of fused-ring (bicyclic) bond motifs is 1. The minimum atomic E-state index is -1.80. The molecule has 1 atom stereocenters. The normalized spacial score (nSPS) is 18.7. The van der Waals surface area contributed by atoms with Gasteiger partial charge in [-0.3, -0.25) is 9.59 Å². The first-order valence-corrected chi connectivity index (χ1v) is 9.23. The van der Waals surface area contributed by atoms with Crippen molar-refractivity contribution in [2.45, 2.75) is 25.4 Å². The topological polar surface area (TPSA) is 66.8 Å². The van der Waals surface area contributed by atoms with Crippen LogP contribution in [0.3, 0.4) is 0 Å². The Bertz CT molecular complexity index is 824. The van der Waals surface area contributed by atoms with E-state index in [0.717, 1.165) is 10.2 Å². The highest BCUT2D eigenvalue weighted by Crippen LogP contribution is 2.43. The molecule has 0 aromatic heterocycles. The first kappa shape index (κ1) is 18.6. The number of hydrogen-bond donors (Lipinski definition) is 1. The largest absolute Gasteiger partial charge is 0.494 e. The van der Waals surface area contributed by atoms with Crippen molar-refractivity contribution >= 4 is 33.3 Å². The van der Waals surface area contributed by atoms with E-state index < -0.39 is 11.5 Å². The van der Waals surface area contributed by atoms with E-state index in [1.165, 1.54) is 6.92 Å². The number of carbonyl (C=O) groups excluding carboxylic acids is 2. The van der Waals surface area contributed by atoms with E-state index in [1.807, 2.05) is 36.4 Å². The van der Waals surface area contributed by atoms with Crippen molar-refractivity contribution in [2.75, 3.05) is 18.1 Å². The molecule has 2 aromatic carbocycles. The molecule has 1 N–H and O–H groups in total.